The van der Waals surface area contributed by atoms with Crippen LogP contribution in [0, 0.1) is 11.6 Å². The number of aryl methyl sites for hydroxylation is 1. The minimum atomic E-state index is -4.02. The van der Waals surface area contributed by atoms with Gasteiger partial charge in [0.2, 0.25) is 0 Å². The Bertz CT molecular complexity index is 802. The van der Waals surface area contributed by atoms with Crippen LogP contribution in [0.3, 0.4) is 0 Å². The standard InChI is InChI=1S/C14H15F2N3O2S/c15-10-5-6-11(16)12(8-10)22(20,21)9-14-18-17-13-4-2-1-3-7-19(13)14/h5-6,8H,1-4,7,9H2. The molecular weight excluding hydrogens is 312 g/mol. The monoisotopic (exact) mass is 327 g/mol. The molecule has 1 aromatic heterocycles. The summed E-state index contributed by atoms with van der Waals surface area (Å²) in [7, 11) is -4.02. The van der Waals surface area contributed by atoms with Crippen molar-refractivity contribution < 1.29 is 17.2 Å². The van der Waals surface area contributed by atoms with Crippen LogP contribution in [-0.2, 0) is 28.6 Å². The van der Waals surface area contributed by atoms with Crippen LogP contribution in [0.2, 0.25) is 0 Å². The SMILES string of the molecule is O=S(=O)(Cc1nnc2n1CCCCC2)c1cc(F)ccc1F. The average molecular weight is 327 g/mol. The Labute approximate surface area is 126 Å². The van der Waals surface area contributed by atoms with Gasteiger partial charge < -0.3 is 4.57 Å². The molecule has 2 heterocycles. The zero-order valence-corrected chi connectivity index (χ0v) is 12.6. The molecule has 0 N–H and O–H groups in total. The minimum absolute atomic E-state index is 0.278. The van der Waals surface area contributed by atoms with Gasteiger partial charge in [-0.2, -0.15) is 0 Å². The first-order valence-electron chi connectivity index (χ1n) is 7.06. The number of rotatable bonds is 3. The van der Waals surface area contributed by atoms with Crippen molar-refractivity contribution in [1.82, 2.24) is 14.8 Å². The van der Waals surface area contributed by atoms with Gasteiger partial charge >= 0.3 is 0 Å². The van der Waals surface area contributed by atoms with E-state index in [1.807, 2.05) is 0 Å². The number of aromatic nitrogens is 3. The third kappa shape index (κ3) is 2.87. The Balaban J connectivity index is 1.95. The zero-order chi connectivity index (χ0) is 15.7. The van der Waals surface area contributed by atoms with Crippen molar-refractivity contribution in [1.29, 1.82) is 0 Å². The highest BCUT2D eigenvalue weighted by Crippen LogP contribution is 2.22. The maximum absolute atomic E-state index is 13.7. The Morgan fingerprint density at radius 3 is 2.77 bits per heavy atom. The summed E-state index contributed by atoms with van der Waals surface area (Å²) >= 11 is 0. The lowest BCUT2D eigenvalue weighted by Crippen LogP contribution is -2.13. The summed E-state index contributed by atoms with van der Waals surface area (Å²) in [6, 6.07) is 2.40. The van der Waals surface area contributed by atoms with Gasteiger partial charge in [-0.25, -0.2) is 17.2 Å². The number of sulfone groups is 1. The molecule has 8 heteroatoms. The third-order valence-corrected chi connectivity index (χ3v) is 5.35. The molecule has 1 aliphatic rings. The van der Waals surface area contributed by atoms with Crippen LogP contribution in [0.4, 0.5) is 8.78 Å². The highest BCUT2D eigenvalue weighted by molar-refractivity contribution is 7.90. The molecule has 0 spiro atoms. The van der Waals surface area contributed by atoms with Gasteiger partial charge in [0, 0.05) is 13.0 Å². The summed E-state index contributed by atoms with van der Waals surface area (Å²) in [4.78, 5) is -0.640. The van der Waals surface area contributed by atoms with E-state index >= 15 is 0 Å². The van der Waals surface area contributed by atoms with Crippen LogP contribution >= 0.6 is 0 Å². The normalized spacial score (nSPS) is 15.4. The average Bonchev–Trinajstić information content (AvgIpc) is 2.70. The maximum Gasteiger partial charge on any atom is 0.188 e. The minimum Gasteiger partial charge on any atom is -0.314 e. The Kier molecular flexibility index (Phi) is 3.94. The van der Waals surface area contributed by atoms with E-state index in [1.165, 1.54) is 0 Å². The van der Waals surface area contributed by atoms with Crippen LogP contribution in [0.5, 0.6) is 0 Å². The van der Waals surface area contributed by atoms with Crippen LogP contribution in [0.15, 0.2) is 23.1 Å². The zero-order valence-electron chi connectivity index (χ0n) is 11.8. The van der Waals surface area contributed by atoms with E-state index in [0.717, 1.165) is 43.6 Å². The first-order chi connectivity index (χ1) is 10.5. The van der Waals surface area contributed by atoms with E-state index in [9.17, 15) is 17.2 Å². The molecule has 118 valence electrons. The van der Waals surface area contributed by atoms with Crippen molar-refractivity contribution in [2.24, 2.45) is 0 Å². The Morgan fingerprint density at radius 2 is 1.95 bits per heavy atom. The second-order valence-electron chi connectivity index (χ2n) is 5.33. The van der Waals surface area contributed by atoms with E-state index in [4.69, 9.17) is 0 Å². The van der Waals surface area contributed by atoms with Gasteiger partial charge in [-0.15, -0.1) is 10.2 Å². The van der Waals surface area contributed by atoms with Crippen molar-refractivity contribution in [3.05, 3.63) is 41.5 Å². The number of hydrogen-bond acceptors (Lipinski definition) is 4. The molecule has 0 amide bonds. The quantitative estimate of drug-likeness (QED) is 0.867. The third-order valence-electron chi connectivity index (χ3n) is 3.73. The Hall–Kier alpha value is -1.83. The van der Waals surface area contributed by atoms with Crippen molar-refractivity contribution in [3.8, 4) is 0 Å². The lowest BCUT2D eigenvalue weighted by atomic mass is 10.2. The molecule has 1 aromatic carbocycles. The summed E-state index contributed by atoms with van der Waals surface area (Å²) in [5.41, 5.74) is 0. The van der Waals surface area contributed by atoms with Crippen LogP contribution in [0.25, 0.3) is 0 Å². The predicted molar refractivity (Wildman–Crippen MR) is 74.8 cm³/mol. The molecule has 0 fully saturated rings. The molecule has 2 aromatic rings. The lowest BCUT2D eigenvalue weighted by Gasteiger charge is -2.08. The molecule has 1 aliphatic heterocycles. The highest BCUT2D eigenvalue weighted by atomic mass is 32.2. The number of nitrogens with zero attached hydrogens (tertiary/aromatic N) is 3. The molecule has 0 saturated heterocycles. The fourth-order valence-electron chi connectivity index (χ4n) is 2.62. The van der Waals surface area contributed by atoms with E-state index in [1.54, 1.807) is 4.57 Å². The molecule has 0 aliphatic carbocycles. The summed E-state index contributed by atoms with van der Waals surface area (Å²) in [5, 5.41) is 7.94. The summed E-state index contributed by atoms with van der Waals surface area (Å²) in [6.07, 6.45) is 3.71. The molecule has 0 bridgehead atoms. The van der Waals surface area contributed by atoms with E-state index in [0.29, 0.717) is 12.6 Å². The smallest absolute Gasteiger partial charge is 0.188 e. The van der Waals surface area contributed by atoms with Gasteiger partial charge in [-0.3, -0.25) is 0 Å². The first kappa shape index (κ1) is 15.1. The van der Waals surface area contributed by atoms with Crippen LogP contribution in [-0.4, -0.2) is 23.2 Å². The molecule has 0 unspecified atom stereocenters. The fourth-order valence-corrected chi connectivity index (χ4v) is 3.98. The van der Waals surface area contributed by atoms with Crippen LogP contribution < -0.4 is 0 Å². The lowest BCUT2D eigenvalue weighted by molar-refractivity contribution is 0.549. The highest BCUT2D eigenvalue weighted by Gasteiger charge is 2.25. The number of hydrogen-bond donors (Lipinski definition) is 0. The molecule has 3 rings (SSSR count). The van der Waals surface area contributed by atoms with Crippen molar-refractivity contribution in [2.75, 3.05) is 0 Å². The second kappa shape index (κ2) is 5.75. The molecule has 5 nitrogen and oxygen atoms in total. The van der Waals surface area contributed by atoms with Crippen molar-refractivity contribution in [3.63, 3.8) is 0 Å². The first-order valence-corrected chi connectivity index (χ1v) is 8.71. The van der Waals surface area contributed by atoms with Gasteiger partial charge in [-0.05, 0) is 31.0 Å². The van der Waals surface area contributed by atoms with Gasteiger partial charge in [0.1, 0.15) is 33.9 Å². The maximum atomic E-state index is 13.7. The second-order valence-corrected chi connectivity index (χ2v) is 7.29. The van der Waals surface area contributed by atoms with E-state index < -0.39 is 32.1 Å². The predicted octanol–water partition coefficient (Wildman–Crippen LogP) is 2.26. The van der Waals surface area contributed by atoms with E-state index in [-0.39, 0.29) is 5.82 Å². The van der Waals surface area contributed by atoms with Crippen molar-refractivity contribution in [2.45, 2.75) is 42.9 Å². The van der Waals surface area contributed by atoms with Crippen LogP contribution in [0.1, 0.15) is 30.9 Å². The molecule has 22 heavy (non-hydrogen) atoms. The summed E-state index contributed by atoms with van der Waals surface area (Å²) in [6.45, 7) is 0.652. The van der Waals surface area contributed by atoms with Gasteiger partial charge in [0.05, 0.1) is 0 Å². The number of fused-ring (bicyclic) bond motifs is 1. The summed E-state index contributed by atoms with van der Waals surface area (Å²) in [5.74, 6) is -1.21. The van der Waals surface area contributed by atoms with Gasteiger partial charge in [0.15, 0.2) is 9.84 Å². The summed E-state index contributed by atoms with van der Waals surface area (Å²) < 4.78 is 53.4. The Morgan fingerprint density at radius 1 is 1.14 bits per heavy atom. The molecular formula is C14H15F2N3O2S. The van der Waals surface area contributed by atoms with Gasteiger partial charge in [0.25, 0.3) is 0 Å². The molecule has 0 saturated carbocycles. The number of benzene rings is 1. The number of halogens is 2. The molecule has 0 radical (unpaired) electrons. The van der Waals surface area contributed by atoms with Crippen molar-refractivity contribution >= 4 is 9.84 Å². The molecule has 0 atom stereocenters. The largest absolute Gasteiger partial charge is 0.314 e. The topological polar surface area (TPSA) is 64.8 Å². The fraction of sp³-hybridized carbons (Fsp3) is 0.429. The van der Waals surface area contributed by atoms with E-state index in [2.05, 4.69) is 10.2 Å². The van der Waals surface area contributed by atoms with Gasteiger partial charge in [-0.1, -0.05) is 6.42 Å².